The van der Waals surface area contributed by atoms with Crippen LogP contribution in [0, 0.1) is 6.92 Å². The molecule has 3 aromatic rings. The van der Waals surface area contributed by atoms with Crippen molar-refractivity contribution < 1.29 is 17.9 Å². The van der Waals surface area contributed by atoms with Crippen LogP contribution >= 0.6 is 0 Å². The van der Waals surface area contributed by atoms with E-state index in [9.17, 15) is 13.2 Å². The number of carbonyl (C=O) groups excluding carboxylic acids is 1. The molecule has 0 saturated carbocycles. The van der Waals surface area contributed by atoms with E-state index in [2.05, 4.69) is 16.1 Å². The maximum Gasteiger partial charge on any atom is 0.244 e. The van der Waals surface area contributed by atoms with Crippen LogP contribution in [0.5, 0.6) is 5.75 Å². The number of ether oxygens (including phenoxy) is 1. The summed E-state index contributed by atoms with van der Waals surface area (Å²) >= 11 is 0. The van der Waals surface area contributed by atoms with Gasteiger partial charge in [-0.15, -0.1) is 0 Å². The molecular formula is C27H30N2O4S. The Hall–Kier alpha value is -3.16. The molecule has 6 nitrogen and oxygen atoms in total. The zero-order valence-electron chi connectivity index (χ0n) is 19.5. The molecule has 0 heterocycles. The largest absolute Gasteiger partial charge is 0.495 e. The zero-order chi connectivity index (χ0) is 24.1. The summed E-state index contributed by atoms with van der Waals surface area (Å²) < 4.78 is 34.7. The molecule has 1 aliphatic rings. The predicted molar refractivity (Wildman–Crippen MR) is 132 cm³/mol. The molecule has 1 aliphatic carbocycles. The summed E-state index contributed by atoms with van der Waals surface area (Å²) in [6.45, 7) is 1.81. The average Bonchev–Trinajstić information content (AvgIpc) is 2.84. The molecule has 1 amide bonds. The van der Waals surface area contributed by atoms with Crippen LogP contribution in [0.4, 0.5) is 0 Å². The molecule has 0 aliphatic heterocycles. The minimum absolute atomic E-state index is 0.0175. The third-order valence-electron chi connectivity index (χ3n) is 6.19. The number of fused-ring (bicyclic) bond motifs is 1. The standard InChI is InChI=1S/C27H30N2O4S/c1-19-15-16-25(33-2)26(17-19)34(31,32)29-24(18-20-9-4-3-5-10-20)27(30)28-23-14-8-12-21-11-6-7-13-22(21)23/h3-7,9-11,13,15-17,23-24,29H,8,12,14,18H2,1-2H3,(H,28,30)/t23-,24+/m0/s1. The van der Waals surface area contributed by atoms with E-state index in [-0.39, 0.29) is 29.0 Å². The van der Waals surface area contributed by atoms with Gasteiger partial charge in [-0.2, -0.15) is 4.72 Å². The van der Waals surface area contributed by atoms with Crippen LogP contribution < -0.4 is 14.8 Å². The molecule has 0 aromatic heterocycles. The molecule has 4 rings (SSSR count). The number of hydrogen-bond acceptors (Lipinski definition) is 4. The van der Waals surface area contributed by atoms with Crippen LogP contribution in [0.15, 0.2) is 77.7 Å². The Bertz CT molecular complexity index is 1260. The van der Waals surface area contributed by atoms with Gasteiger partial charge in [0.1, 0.15) is 16.7 Å². The molecular weight excluding hydrogens is 448 g/mol. The van der Waals surface area contributed by atoms with Gasteiger partial charge in [0.25, 0.3) is 0 Å². The molecule has 34 heavy (non-hydrogen) atoms. The minimum atomic E-state index is -4.03. The molecule has 2 N–H and O–H groups in total. The number of nitrogens with one attached hydrogen (secondary N) is 2. The van der Waals surface area contributed by atoms with Crippen molar-refractivity contribution in [2.75, 3.05) is 7.11 Å². The van der Waals surface area contributed by atoms with Crippen LogP contribution in [0.1, 0.15) is 41.1 Å². The Balaban J connectivity index is 1.62. The van der Waals surface area contributed by atoms with Crippen LogP contribution in [0.25, 0.3) is 0 Å². The number of amides is 1. The lowest BCUT2D eigenvalue weighted by Gasteiger charge is -2.28. The maximum atomic E-state index is 13.5. The number of methoxy groups -OCH3 is 1. The van der Waals surface area contributed by atoms with Gasteiger partial charge < -0.3 is 10.1 Å². The summed E-state index contributed by atoms with van der Waals surface area (Å²) in [6.07, 6.45) is 3.00. The fraction of sp³-hybridized carbons (Fsp3) is 0.296. The number of benzene rings is 3. The highest BCUT2D eigenvalue weighted by Gasteiger charge is 2.30. The van der Waals surface area contributed by atoms with Gasteiger partial charge in [0.15, 0.2) is 0 Å². The molecule has 3 aromatic carbocycles. The molecule has 0 fully saturated rings. The molecule has 0 saturated heterocycles. The number of aryl methyl sites for hydroxylation is 2. The SMILES string of the molecule is COc1ccc(C)cc1S(=O)(=O)N[C@H](Cc1ccccc1)C(=O)N[C@H]1CCCc2ccccc21. The highest BCUT2D eigenvalue weighted by molar-refractivity contribution is 7.89. The first-order valence-corrected chi connectivity index (χ1v) is 12.9. The summed E-state index contributed by atoms with van der Waals surface area (Å²) in [6, 6.07) is 21.3. The van der Waals surface area contributed by atoms with E-state index in [4.69, 9.17) is 4.74 Å². The molecule has 0 spiro atoms. The summed E-state index contributed by atoms with van der Waals surface area (Å²) in [7, 11) is -2.60. The monoisotopic (exact) mass is 478 g/mol. The van der Waals surface area contributed by atoms with Crippen molar-refractivity contribution in [1.29, 1.82) is 0 Å². The van der Waals surface area contributed by atoms with Gasteiger partial charge in [-0.25, -0.2) is 8.42 Å². The zero-order valence-corrected chi connectivity index (χ0v) is 20.3. The second-order valence-electron chi connectivity index (χ2n) is 8.67. The first kappa shape index (κ1) is 24.0. The van der Waals surface area contributed by atoms with Gasteiger partial charge in [0.2, 0.25) is 15.9 Å². The molecule has 178 valence electrons. The molecule has 0 bridgehead atoms. The van der Waals surface area contributed by atoms with Crippen LogP contribution in [-0.4, -0.2) is 27.5 Å². The van der Waals surface area contributed by atoms with E-state index in [0.717, 1.165) is 36.0 Å². The first-order chi connectivity index (χ1) is 16.4. The van der Waals surface area contributed by atoms with E-state index in [0.29, 0.717) is 0 Å². The highest BCUT2D eigenvalue weighted by Crippen LogP contribution is 2.30. The summed E-state index contributed by atoms with van der Waals surface area (Å²) in [5.74, 6) is -0.112. The van der Waals surface area contributed by atoms with Crippen molar-refractivity contribution in [2.45, 2.75) is 49.6 Å². The van der Waals surface area contributed by atoms with Crippen molar-refractivity contribution in [3.63, 3.8) is 0 Å². The molecule has 0 unspecified atom stereocenters. The number of sulfonamides is 1. The quantitative estimate of drug-likeness (QED) is 0.511. The second kappa shape index (κ2) is 10.4. The van der Waals surface area contributed by atoms with E-state index in [1.165, 1.54) is 12.7 Å². The Morgan fingerprint density at radius 2 is 1.79 bits per heavy atom. The van der Waals surface area contributed by atoms with Gasteiger partial charge in [0, 0.05) is 0 Å². The molecule has 7 heteroatoms. The highest BCUT2D eigenvalue weighted by atomic mass is 32.2. The van der Waals surface area contributed by atoms with Gasteiger partial charge in [-0.05, 0) is 67.0 Å². The minimum Gasteiger partial charge on any atom is -0.495 e. The van der Waals surface area contributed by atoms with Crippen molar-refractivity contribution >= 4 is 15.9 Å². The molecule has 0 radical (unpaired) electrons. The summed E-state index contributed by atoms with van der Waals surface area (Å²) in [5, 5.41) is 3.11. The Morgan fingerprint density at radius 3 is 2.56 bits per heavy atom. The van der Waals surface area contributed by atoms with Gasteiger partial charge in [-0.3, -0.25) is 4.79 Å². The smallest absolute Gasteiger partial charge is 0.244 e. The van der Waals surface area contributed by atoms with Gasteiger partial charge in [-0.1, -0.05) is 60.7 Å². The van der Waals surface area contributed by atoms with E-state index < -0.39 is 16.1 Å². The van der Waals surface area contributed by atoms with Crippen molar-refractivity contribution in [3.8, 4) is 5.75 Å². The van der Waals surface area contributed by atoms with Crippen molar-refractivity contribution in [1.82, 2.24) is 10.0 Å². The third kappa shape index (κ3) is 5.48. The summed E-state index contributed by atoms with van der Waals surface area (Å²) in [5.41, 5.74) is 3.97. The fourth-order valence-corrected chi connectivity index (χ4v) is 5.91. The Morgan fingerprint density at radius 1 is 1.06 bits per heavy atom. The third-order valence-corrected chi connectivity index (χ3v) is 7.68. The van der Waals surface area contributed by atoms with E-state index >= 15 is 0 Å². The van der Waals surface area contributed by atoms with Crippen LogP contribution in [-0.2, 0) is 27.7 Å². The average molecular weight is 479 g/mol. The first-order valence-electron chi connectivity index (χ1n) is 11.5. The Kier molecular flexibility index (Phi) is 7.34. The predicted octanol–water partition coefficient (Wildman–Crippen LogP) is 4.09. The molecule has 2 atom stereocenters. The number of carbonyl (C=O) groups is 1. The normalized spacial score (nSPS) is 16.4. The van der Waals surface area contributed by atoms with Crippen LogP contribution in [0.2, 0.25) is 0 Å². The lowest BCUT2D eigenvalue weighted by molar-refractivity contribution is -0.123. The van der Waals surface area contributed by atoms with Crippen molar-refractivity contribution in [2.24, 2.45) is 0 Å². The number of rotatable bonds is 8. The lowest BCUT2D eigenvalue weighted by atomic mass is 9.87. The van der Waals surface area contributed by atoms with Crippen LogP contribution in [0.3, 0.4) is 0 Å². The van der Waals surface area contributed by atoms with Gasteiger partial charge in [0.05, 0.1) is 13.2 Å². The van der Waals surface area contributed by atoms with E-state index in [1.807, 2.05) is 55.5 Å². The van der Waals surface area contributed by atoms with E-state index in [1.54, 1.807) is 18.2 Å². The fourth-order valence-electron chi connectivity index (χ4n) is 4.46. The lowest BCUT2D eigenvalue weighted by Crippen LogP contribution is -2.49. The summed E-state index contributed by atoms with van der Waals surface area (Å²) in [4.78, 5) is 13.5. The van der Waals surface area contributed by atoms with Crippen molar-refractivity contribution in [3.05, 3.63) is 95.1 Å². The Labute approximate surface area is 201 Å². The second-order valence-corrected chi connectivity index (χ2v) is 10.4. The topological polar surface area (TPSA) is 84.5 Å². The van der Waals surface area contributed by atoms with Gasteiger partial charge >= 0.3 is 0 Å². The number of hydrogen-bond donors (Lipinski definition) is 2. The maximum absolute atomic E-state index is 13.5.